The monoisotopic (exact) mass is 241 g/mol. The Morgan fingerprint density at radius 1 is 1.62 bits per heavy atom. The van der Waals surface area contributed by atoms with Crippen molar-refractivity contribution in [1.29, 1.82) is 0 Å². The van der Waals surface area contributed by atoms with Crippen molar-refractivity contribution in [1.82, 2.24) is 15.6 Å². The van der Waals surface area contributed by atoms with Crippen LogP contribution in [0.3, 0.4) is 0 Å². The molecular formula is C11H19N3OS. The molecular weight excluding hydrogens is 222 g/mol. The number of nitrogens with one attached hydrogen (secondary N) is 2. The molecule has 5 heteroatoms. The maximum Gasteiger partial charge on any atom is 0.221 e. The van der Waals surface area contributed by atoms with Crippen LogP contribution >= 0.6 is 11.3 Å². The van der Waals surface area contributed by atoms with Gasteiger partial charge >= 0.3 is 0 Å². The average Bonchev–Trinajstić information content (AvgIpc) is 2.74. The first-order chi connectivity index (χ1) is 7.67. The Labute approximate surface area is 100 Å². The molecule has 1 aromatic rings. The van der Waals surface area contributed by atoms with Gasteiger partial charge in [0, 0.05) is 24.0 Å². The molecule has 1 heterocycles. The first kappa shape index (κ1) is 13.1. The average molecular weight is 241 g/mol. The van der Waals surface area contributed by atoms with Gasteiger partial charge in [0.1, 0.15) is 5.01 Å². The summed E-state index contributed by atoms with van der Waals surface area (Å²) in [6, 6.07) is 0.00894. The summed E-state index contributed by atoms with van der Waals surface area (Å²) in [6.07, 6.45) is 3.39. The van der Waals surface area contributed by atoms with Crippen LogP contribution in [0.4, 0.5) is 0 Å². The van der Waals surface area contributed by atoms with Crippen LogP contribution in [0.25, 0.3) is 0 Å². The fraction of sp³-hybridized carbons (Fsp3) is 0.636. The van der Waals surface area contributed by atoms with Gasteiger partial charge < -0.3 is 10.6 Å². The Balaban J connectivity index is 2.45. The minimum absolute atomic E-state index is 0.00894. The molecule has 0 fully saturated rings. The Morgan fingerprint density at radius 2 is 2.38 bits per heavy atom. The summed E-state index contributed by atoms with van der Waals surface area (Å²) in [5.41, 5.74) is 0. The van der Waals surface area contributed by atoms with Crippen molar-refractivity contribution >= 4 is 17.2 Å². The van der Waals surface area contributed by atoms with Gasteiger partial charge in [0.15, 0.2) is 0 Å². The molecule has 0 aromatic carbocycles. The van der Waals surface area contributed by atoms with Gasteiger partial charge in [-0.2, -0.15) is 0 Å². The van der Waals surface area contributed by atoms with E-state index in [2.05, 4.69) is 22.5 Å². The molecule has 0 aliphatic heterocycles. The molecule has 0 aliphatic rings. The number of nitrogens with zero attached hydrogens (tertiary/aromatic N) is 1. The van der Waals surface area contributed by atoms with Crippen molar-refractivity contribution in [3.63, 3.8) is 0 Å². The third-order valence-electron chi connectivity index (χ3n) is 2.27. The molecule has 0 spiro atoms. The first-order valence-corrected chi connectivity index (χ1v) is 6.37. The highest BCUT2D eigenvalue weighted by molar-refractivity contribution is 7.11. The van der Waals surface area contributed by atoms with Crippen molar-refractivity contribution in [3.8, 4) is 0 Å². The van der Waals surface area contributed by atoms with Gasteiger partial charge in [-0.1, -0.05) is 6.92 Å². The third kappa shape index (κ3) is 3.90. The van der Waals surface area contributed by atoms with Crippen molar-refractivity contribution in [2.75, 3.05) is 13.6 Å². The van der Waals surface area contributed by atoms with Gasteiger partial charge in [-0.3, -0.25) is 4.79 Å². The van der Waals surface area contributed by atoms with E-state index in [9.17, 15) is 4.79 Å². The third-order valence-corrected chi connectivity index (χ3v) is 3.59. The molecule has 0 bridgehead atoms. The van der Waals surface area contributed by atoms with Gasteiger partial charge in [-0.15, -0.1) is 11.3 Å². The van der Waals surface area contributed by atoms with Gasteiger partial charge in [0.2, 0.25) is 5.91 Å². The number of aromatic nitrogens is 1. The molecule has 2 N–H and O–H groups in total. The van der Waals surface area contributed by atoms with Gasteiger partial charge in [0.25, 0.3) is 0 Å². The highest BCUT2D eigenvalue weighted by Gasteiger charge is 2.12. The number of hydrogen-bond donors (Lipinski definition) is 2. The zero-order valence-corrected chi connectivity index (χ0v) is 10.9. The summed E-state index contributed by atoms with van der Waals surface area (Å²) in [5.74, 6) is 0.0649. The van der Waals surface area contributed by atoms with Crippen molar-refractivity contribution < 1.29 is 4.79 Å². The number of carbonyl (C=O) groups excluding carboxylic acids is 1. The maximum absolute atomic E-state index is 11.5. The highest BCUT2D eigenvalue weighted by atomic mass is 32.1. The number of thiazole rings is 1. The van der Waals surface area contributed by atoms with Gasteiger partial charge in [-0.05, 0) is 20.4 Å². The van der Waals surface area contributed by atoms with Crippen LogP contribution in [0.2, 0.25) is 0 Å². The molecule has 1 unspecified atom stereocenters. The number of amides is 1. The highest BCUT2D eigenvalue weighted by Crippen LogP contribution is 2.20. The number of hydrogen-bond acceptors (Lipinski definition) is 4. The smallest absolute Gasteiger partial charge is 0.221 e. The minimum atomic E-state index is 0.00894. The summed E-state index contributed by atoms with van der Waals surface area (Å²) in [4.78, 5) is 17.1. The van der Waals surface area contributed by atoms with Crippen LogP contribution in [-0.2, 0) is 11.2 Å². The van der Waals surface area contributed by atoms with Crippen LogP contribution in [0.5, 0.6) is 0 Å². The summed E-state index contributed by atoms with van der Waals surface area (Å²) in [7, 11) is 1.84. The molecule has 1 atom stereocenters. The van der Waals surface area contributed by atoms with Crippen molar-refractivity contribution in [3.05, 3.63) is 16.1 Å². The largest absolute Gasteiger partial charge is 0.347 e. The minimum Gasteiger partial charge on any atom is -0.347 e. The summed E-state index contributed by atoms with van der Waals surface area (Å²) in [5, 5.41) is 6.87. The predicted molar refractivity (Wildman–Crippen MR) is 66.6 cm³/mol. The number of rotatable bonds is 6. The molecule has 16 heavy (non-hydrogen) atoms. The molecule has 1 amide bonds. The molecule has 0 saturated heterocycles. The molecule has 0 radical (unpaired) electrons. The molecule has 90 valence electrons. The Kier molecular flexibility index (Phi) is 5.42. The lowest BCUT2D eigenvalue weighted by Crippen LogP contribution is -2.28. The standard InChI is InChI=1S/C11H19N3OS/c1-4-9-7-13-11(16-9)8(2)14-10(15)5-6-12-3/h7-8,12H,4-6H2,1-3H3,(H,14,15). The van der Waals surface area contributed by atoms with Crippen LogP contribution in [0.15, 0.2) is 6.20 Å². The summed E-state index contributed by atoms with van der Waals surface area (Å²) >= 11 is 1.67. The van der Waals surface area contributed by atoms with Crippen LogP contribution in [0.1, 0.15) is 36.2 Å². The van der Waals surface area contributed by atoms with Crippen molar-refractivity contribution in [2.24, 2.45) is 0 Å². The second-order valence-electron chi connectivity index (χ2n) is 3.66. The number of carbonyl (C=O) groups is 1. The molecule has 1 aromatic heterocycles. The second-order valence-corrected chi connectivity index (χ2v) is 4.81. The van der Waals surface area contributed by atoms with E-state index in [1.807, 2.05) is 20.2 Å². The van der Waals surface area contributed by atoms with E-state index in [4.69, 9.17) is 0 Å². The van der Waals surface area contributed by atoms with E-state index in [1.165, 1.54) is 4.88 Å². The SMILES string of the molecule is CCc1cnc(C(C)NC(=O)CCNC)s1. The van der Waals surface area contributed by atoms with Gasteiger partial charge in [-0.25, -0.2) is 4.98 Å². The maximum atomic E-state index is 11.5. The van der Waals surface area contributed by atoms with E-state index in [-0.39, 0.29) is 11.9 Å². The van der Waals surface area contributed by atoms with Crippen molar-refractivity contribution in [2.45, 2.75) is 32.7 Å². The number of aryl methyl sites for hydroxylation is 1. The lowest BCUT2D eigenvalue weighted by atomic mass is 10.3. The van der Waals surface area contributed by atoms with E-state index < -0.39 is 0 Å². The normalized spacial score (nSPS) is 12.4. The van der Waals surface area contributed by atoms with E-state index in [1.54, 1.807) is 11.3 Å². The lowest BCUT2D eigenvalue weighted by molar-refractivity contribution is -0.121. The Bertz CT molecular complexity index is 338. The summed E-state index contributed by atoms with van der Waals surface area (Å²) in [6.45, 7) is 4.78. The van der Waals surface area contributed by atoms with Crippen LogP contribution in [0, 0.1) is 0 Å². The lowest BCUT2D eigenvalue weighted by Gasteiger charge is -2.10. The van der Waals surface area contributed by atoms with Crippen LogP contribution < -0.4 is 10.6 Å². The molecule has 0 aliphatic carbocycles. The quantitative estimate of drug-likeness (QED) is 0.793. The Morgan fingerprint density at radius 3 is 2.94 bits per heavy atom. The molecule has 4 nitrogen and oxygen atoms in total. The Hall–Kier alpha value is -0.940. The van der Waals surface area contributed by atoms with Crippen LogP contribution in [-0.4, -0.2) is 24.5 Å². The zero-order chi connectivity index (χ0) is 12.0. The molecule has 0 saturated carbocycles. The fourth-order valence-corrected chi connectivity index (χ4v) is 2.16. The zero-order valence-electron chi connectivity index (χ0n) is 10.0. The van der Waals surface area contributed by atoms with Gasteiger partial charge in [0.05, 0.1) is 6.04 Å². The summed E-state index contributed by atoms with van der Waals surface area (Å²) < 4.78 is 0. The second kappa shape index (κ2) is 6.60. The topological polar surface area (TPSA) is 54.0 Å². The fourth-order valence-electron chi connectivity index (χ4n) is 1.30. The van der Waals surface area contributed by atoms with E-state index in [0.717, 1.165) is 11.4 Å². The molecule has 1 rings (SSSR count). The van der Waals surface area contributed by atoms with E-state index in [0.29, 0.717) is 13.0 Å². The predicted octanol–water partition coefficient (Wildman–Crippen LogP) is 1.49. The van der Waals surface area contributed by atoms with E-state index >= 15 is 0 Å². The first-order valence-electron chi connectivity index (χ1n) is 5.56.